The summed E-state index contributed by atoms with van der Waals surface area (Å²) in [6.45, 7) is 2.48. The van der Waals surface area contributed by atoms with Crippen molar-refractivity contribution in [2.24, 2.45) is 0 Å². The Balaban J connectivity index is 2.49. The first-order valence-electron chi connectivity index (χ1n) is 6.14. The smallest absolute Gasteiger partial charge is 0.244 e. The van der Waals surface area contributed by atoms with Crippen molar-refractivity contribution in [3.05, 3.63) is 21.6 Å². The first-order chi connectivity index (χ1) is 8.87. The molecule has 106 valence electrons. The van der Waals surface area contributed by atoms with Gasteiger partial charge >= 0.3 is 0 Å². The third-order valence-electron chi connectivity index (χ3n) is 3.02. The molecule has 2 N–H and O–H groups in total. The van der Waals surface area contributed by atoms with Crippen molar-refractivity contribution < 1.29 is 8.42 Å². The predicted octanol–water partition coefficient (Wildman–Crippen LogP) is 3.25. The molecule has 0 heterocycles. The summed E-state index contributed by atoms with van der Waals surface area (Å²) in [6.07, 6.45) is 2.63. The molecule has 0 radical (unpaired) electrons. The largest absolute Gasteiger partial charge is 0.398 e. The van der Waals surface area contributed by atoms with Gasteiger partial charge in [0.05, 0.1) is 9.37 Å². The Labute approximate surface area is 127 Å². The quantitative estimate of drug-likeness (QED) is 0.813. The summed E-state index contributed by atoms with van der Waals surface area (Å²) < 4.78 is 27.4. The van der Waals surface area contributed by atoms with Crippen LogP contribution < -0.4 is 5.73 Å². The molecule has 1 fully saturated rings. The van der Waals surface area contributed by atoms with E-state index in [9.17, 15) is 8.42 Å². The number of nitrogens with zero attached hydrogens (tertiary/aromatic N) is 1. The van der Waals surface area contributed by atoms with Crippen LogP contribution in [-0.4, -0.2) is 25.3 Å². The van der Waals surface area contributed by atoms with E-state index < -0.39 is 10.0 Å². The van der Waals surface area contributed by atoms with Crippen molar-refractivity contribution in [1.82, 2.24) is 4.31 Å². The SMILES string of the molecule is CCCN(C1CC1)S(=O)(=O)c1cc(Cl)cc(N)c1Br. The van der Waals surface area contributed by atoms with Crippen LogP contribution in [0.25, 0.3) is 0 Å². The van der Waals surface area contributed by atoms with Crippen molar-refractivity contribution in [3.8, 4) is 0 Å². The van der Waals surface area contributed by atoms with Crippen LogP contribution in [0.4, 0.5) is 5.69 Å². The minimum absolute atomic E-state index is 0.122. The summed E-state index contributed by atoms with van der Waals surface area (Å²) in [4.78, 5) is 0.151. The Morgan fingerprint density at radius 3 is 2.63 bits per heavy atom. The number of halogens is 2. The van der Waals surface area contributed by atoms with E-state index in [4.69, 9.17) is 17.3 Å². The third kappa shape index (κ3) is 3.07. The van der Waals surface area contributed by atoms with Crippen LogP contribution in [0.5, 0.6) is 0 Å². The molecule has 1 saturated carbocycles. The highest BCUT2D eigenvalue weighted by molar-refractivity contribution is 9.10. The second-order valence-corrected chi connectivity index (χ2v) is 7.74. The van der Waals surface area contributed by atoms with Gasteiger partial charge in [-0.25, -0.2) is 8.42 Å². The van der Waals surface area contributed by atoms with Crippen molar-refractivity contribution in [3.63, 3.8) is 0 Å². The van der Waals surface area contributed by atoms with E-state index in [1.54, 1.807) is 4.31 Å². The molecule has 0 spiro atoms. The fourth-order valence-electron chi connectivity index (χ4n) is 1.98. The van der Waals surface area contributed by atoms with E-state index in [1.165, 1.54) is 12.1 Å². The lowest BCUT2D eigenvalue weighted by atomic mass is 10.3. The third-order valence-corrected chi connectivity index (χ3v) is 6.36. The van der Waals surface area contributed by atoms with Crippen LogP contribution in [0.2, 0.25) is 5.02 Å². The Morgan fingerprint density at radius 2 is 2.11 bits per heavy atom. The highest BCUT2D eigenvalue weighted by Crippen LogP contribution is 2.37. The number of nitrogens with two attached hydrogens (primary N) is 1. The molecule has 0 aliphatic heterocycles. The van der Waals surface area contributed by atoms with Crippen LogP contribution in [0.15, 0.2) is 21.5 Å². The normalized spacial score (nSPS) is 16.0. The Morgan fingerprint density at radius 1 is 1.47 bits per heavy atom. The van der Waals surface area contributed by atoms with Gasteiger partial charge < -0.3 is 5.73 Å². The van der Waals surface area contributed by atoms with Crippen LogP contribution in [0, 0.1) is 0 Å². The molecule has 0 bridgehead atoms. The number of anilines is 1. The summed E-state index contributed by atoms with van der Waals surface area (Å²) in [5.74, 6) is 0. The van der Waals surface area contributed by atoms with Crippen LogP contribution >= 0.6 is 27.5 Å². The van der Waals surface area contributed by atoms with Crippen LogP contribution in [0.1, 0.15) is 26.2 Å². The number of hydrogen-bond donors (Lipinski definition) is 1. The van der Waals surface area contributed by atoms with E-state index in [0.29, 0.717) is 21.7 Å². The van der Waals surface area contributed by atoms with E-state index in [2.05, 4.69) is 15.9 Å². The van der Waals surface area contributed by atoms with E-state index in [-0.39, 0.29) is 10.9 Å². The van der Waals surface area contributed by atoms with Gasteiger partial charge in [0.25, 0.3) is 0 Å². The molecule has 0 saturated heterocycles. The minimum atomic E-state index is -3.55. The molecule has 19 heavy (non-hydrogen) atoms. The molecule has 0 amide bonds. The lowest BCUT2D eigenvalue weighted by Crippen LogP contribution is -2.34. The first-order valence-corrected chi connectivity index (χ1v) is 8.75. The van der Waals surface area contributed by atoms with E-state index >= 15 is 0 Å². The number of hydrogen-bond acceptors (Lipinski definition) is 3. The molecule has 0 atom stereocenters. The molecule has 2 rings (SSSR count). The van der Waals surface area contributed by atoms with Gasteiger partial charge in [-0.1, -0.05) is 18.5 Å². The number of rotatable bonds is 5. The van der Waals surface area contributed by atoms with Gasteiger partial charge in [0.2, 0.25) is 10.0 Å². The van der Waals surface area contributed by atoms with Gasteiger partial charge in [-0.3, -0.25) is 0 Å². The van der Waals surface area contributed by atoms with Gasteiger partial charge in [-0.05, 0) is 47.3 Å². The van der Waals surface area contributed by atoms with Gasteiger partial charge in [0.15, 0.2) is 0 Å². The maximum Gasteiger partial charge on any atom is 0.244 e. The fraction of sp³-hybridized carbons (Fsp3) is 0.500. The monoisotopic (exact) mass is 366 g/mol. The summed E-state index contributed by atoms with van der Waals surface area (Å²) >= 11 is 9.17. The van der Waals surface area contributed by atoms with E-state index in [0.717, 1.165) is 19.3 Å². The zero-order chi connectivity index (χ0) is 14.2. The van der Waals surface area contributed by atoms with Gasteiger partial charge in [-0.2, -0.15) is 4.31 Å². The number of benzene rings is 1. The molecule has 7 heteroatoms. The second kappa shape index (κ2) is 5.60. The Hall–Kier alpha value is -0.300. The standard InChI is InChI=1S/C12H16BrClN2O2S/c1-2-5-16(9-3-4-9)19(17,18)11-7-8(14)6-10(15)12(11)13/h6-7,9H,2-5,15H2,1H3. The van der Waals surface area contributed by atoms with Gasteiger partial charge in [-0.15, -0.1) is 0 Å². The summed E-state index contributed by atoms with van der Waals surface area (Å²) in [7, 11) is -3.55. The van der Waals surface area contributed by atoms with Crippen LogP contribution in [0.3, 0.4) is 0 Å². The predicted molar refractivity (Wildman–Crippen MR) is 80.8 cm³/mol. The summed E-state index contributed by atoms with van der Waals surface area (Å²) in [6, 6.07) is 3.10. The van der Waals surface area contributed by atoms with Crippen molar-refractivity contribution in [2.75, 3.05) is 12.3 Å². The van der Waals surface area contributed by atoms with Crippen molar-refractivity contribution in [1.29, 1.82) is 0 Å². The summed E-state index contributed by atoms with van der Waals surface area (Å²) in [5, 5.41) is 0.325. The average molecular weight is 368 g/mol. The second-order valence-electron chi connectivity index (χ2n) is 4.65. The van der Waals surface area contributed by atoms with E-state index in [1.807, 2.05) is 6.92 Å². The molecule has 1 aliphatic rings. The minimum Gasteiger partial charge on any atom is -0.398 e. The highest BCUT2D eigenvalue weighted by Gasteiger charge is 2.38. The molecule has 1 aliphatic carbocycles. The highest BCUT2D eigenvalue weighted by atomic mass is 79.9. The summed E-state index contributed by atoms with van der Waals surface area (Å²) in [5.41, 5.74) is 6.10. The lowest BCUT2D eigenvalue weighted by molar-refractivity contribution is 0.403. The maximum absolute atomic E-state index is 12.7. The molecule has 1 aromatic rings. The zero-order valence-corrected chi connectivity index (χ0v) is 13.7. The zero-order valence-electron chi connectivity index (χ0n) is 10.6. The molecule has 0 unspecified atom stereocenters. The fourth-order valence-corrected chi connectivity index (χ4v) is 5.01. The average Bonchev–Trinajstić information content (AvgIpc) is 3.14. The van der Waals surface area contributed by atoms with Gasteiger partial charge in [0.1, 0.15) is 0 Å². The Bertz CT molecular complexity index is 588. The Kier molecular flexibility index (Phi) is 4.45. The lowest BCUT2D eigenvalue weighted by Gasteiger charge is -2.22. The molecule has 4 nitrogen and oxygen atoms in total. The molecule has 0 aromatic heterocycles. The number of nitrogen functional groups attached to an aromatic ring is 1. The van der Waals surface area contributed by atoms with Crippen LogP contribution in [-0.2, 0) is 10.0 Å². The maximum atomic E-state index is 12.7. The first kappa shape index (κ1) is 15.1. The van der Waals surface area contributed by atoms with Crippen molar-refractivity contribution in [2.45, 2.75) is 37.1 Å². The topological polar surface area (TPSA) is 63.4 Å². The molecule has 1 aromatic carbocycles. The van der Waals surface area contributed by atoms with Crippen molar-refractivity contribution >= 4 is 43.2 Å². The van der Waals surface area contributed by atoms with Gasteiger partial charge in [0, 0.05) is 23.3 Å². The molecular weight excluding hydrogens is 352 g/mol. The number of sulfonamides is 1. The molecular formula is C12H16BrClN2O2S.